The van der Waals surface area contributed by atoms with Crippen LogP contribution in [0.5, 0.6) is 0 Å². The maximum Gasteiger partial charge on any atom is 0.410 e. The normalized spacial score (nSPS) is 22.6. The molecular formula is C11H22N2O3. The molecule has 2 unspecified atom stereocenters. The summed E-state index contributed by atoms with van der Waals surface area (Å²) in [6.45, 7) is 6.47. The molecule has 1 heterocycles. The Kier molecular flexibility index (Phi) is 4.15. The van der Waals surface area contributed by atoms with E-state index in [2.05, 4.69) is 0 Å². The van der Waals surface area contributed by atoms with E-state index in [9.17, 15) is 9.90 Å². The van der Waals surface area contributed by atoms with Gasteiger partial charge in [0.1, 0.15) is 5.60 Å². The first kappa shape index (κ1) is 13.3. The Balaban J connectivity index is 2.40. The van der Waals surface area contributed by atoms with Gasteiger partial charge in [0, 0.05) is 19.1 Å². The third kappa shape index (κ3) is 3.64. The zero-order chi connectivity index (χ0) is 12.3. The Morgan fingerprint density at radius 1 is 1.62 bits per heavy atom. The number of rotatable bonds is 3. The molecule has 2 atom stereocenters. The minimum atomic E-state index is -0.532. The first-order valence-corrected chi connectivity index (χ1v) is 5.71. The van der Waals surface area contributed by atoms with Gasteiger partial charge in [-0.15, -0.1) is 0 Å². The Morgan fingerprint density at radius 3 is 2.62 bits per heavy atom. The number of carbonyl (C=O) groups is 1. The maximum absolute atomic E-state index is 11.7. The molecule has 16 heavy (non-hydrogen) atoms. The number of hydrogen-bond donors (Lipinski definition) is 2. The molecule has 0 bridgehead atoms. The van der Waals surface area contributed by atoms with Crippen LogP contribution in [0.15, 0.2) is 0 Å². The molecule has 3 N–H and O–H groups in total. The van der Waals surface area contributed by atoms with E-state index in [1.165, 1.54) is 0 Å². The summed E-state index contributed by atoms with van der Waals surface area (Å²) in [4.78, 5) is 13.4. The molecule has 1 aliphatic rings. The van der Waals surface area contributed by atoms with E-state index in [0.717, 1.165) is 6.42 Å². The molecule has 0 aromatic rings. The van der Waals surface area contributed by atoms with Gasteiger partial charge < -0.3 is 20.5 Å². The Labute approximate surface area is 96.6 Å². The van der Waals surface area contributed by atoms with Crippen molar-refractivity contribution in [1.29, 1.82) is 0 Å². The Hall–Kier alpha value is -0.810. The summed E-state index contributed by atoms with van der Waals surface area (Å²) < 4.78 is 5.26. The molecule has 0 aromatic carbocycles. The quantitative estimate of drug-likeness (QED) is 0.748. The van der Waals surface area contributed by atoms with E-state index in [1.54, 1.807) is 4.90 Å². The van der Waals surface area contributed by atoms with Crippen LogP contribution in [0.25, 0.3) is 0 Å². The molecule has 1 aliphatic heterocycles. The zero-order valence-corrected chi connectivity index (χ0v) is 10.3. The number of nitrogens with zero attached hydrogens (tertiary/aromatic N) is 1. The van der Waals surface area contributed by atoms with Crippen LogP contribution in [-0.4, -0.2) is 46.9 Å². The van der Waals surface area contributed by atoms with Crippen LogP contribution in [0.2, 0.25) is 0 Å². The van der Waals surface area contributed by atoms with Crippen molar-refractivity contribution in [2.45, 2.75) is 51.4 Å². The number of likely N-dealkylation sites (tertiary alicyclic amines) is 1. The lowest BCUT2D eigenvalue weighted by Crippen LogP contribution is -2.54. The monoisotopic (exact) mass is 230 g/mol. The summed E-state index contributed by atoms with van der Waals surface area (Å²) in [7, 11) is 0. The van der Waals surface area contributed by atoms with Gasteiger partial charge in [0.05, 0.1) is 6.10 Å². The first-order valence-electron chi connectivity index (χ1n) is 5.71. The fraction of sp³-hybridized carbons (Fsp3) is 0.909. The van der Waals surface area contributed by atoms with Gasteiger partial charge in [0.15, 0.2) is 0 Å². The van der Waals surface area contributed by atoms with Gasteiger partial charge in [-0.05, 0) is 33.6 Å². The van der Waals surface area contributed by atoms with E-state index in [-0.39, 0.29) is 18.7 Å². The molecule has 0 saturated carbocycles. The number of aliphatic hydroxyl groups excluding tert-OH is 1. The molecule has 1 amide bonds. The number of nitrogens with two attached hydrogens (primary N) is 1. The second-order valence-electron chi connectivity index (χ2n) is 5.24. The minimum Gasteiger partial charge on any atom is -0.444 e. The Bertz CT molecular complexity index is 250. The van der Waals surface area contributed by atoms with Crippen molar-refractivity contribution in [3.8, 4) is 0 Å². The fourth-order valence-corrected chi connectivity index (χ4v) is 1.66. The van der Waals surface area contributed by atoms with E-state index in [1.807, 2.05) is 20.8 Å². The van der Waals surface area contributed by atoms with E-state index < -0.39 is 11.7 Å². The lowest BCUT2D eigenvalue weighted by atomic mass is 9.97. The summed E-state index contributed by atoms with van der Waals surface area (Å²) in [5.74, 6) is 0. The SMILES string of the molecule is CC(C)(C)OC(=O)N1CCC1CC(O)CN. The lowest BCUT2D eigenvalue weighted by Gasteiger charge is -2.42. The van der Waals surface area contributed by atoms with Crippen molar-refractivity contribution in [2.75, 3.05) is 13.1 Å². The van der Waals surface area contributed by atoms with E-state index in [0.29, 0.717) is 13.0 Å². The van der Waals surface area contributed by atoms with Gasteiger partial charge in [-0.25, -0.2) is 4.79 Å². The summed E-state index contributed by atoms with van der Waals surface area (Å²) in [5.41, 5.74) is 4.87. The second-order valence-corrected chi connectivity index (χ2v) is 5.24. The largest absolute Gasteiger partial charge is 0.444 e. The number of ether oxygens (including phenoxy) is 1. The molecule has 0 aliphatic carbocycles. The highest BCUT2D eigenvalue weighted by Crippen LogP contribution is 2.24. The minimum absolute atomic E-state index is 0.0772. The molecule has 5 nitrogen and oxygen atoms in total. The van der Waals surface area contributed by atoms with Crippen LogP contribution in [-0.2, 0) is 4.74 Å². The van der Waals surface area contributed by atoms with Crippen LogP contribution < -0.4 is 5.73 Å². The van der Waals surface area contributed by atoms with E-state index >= 15 is 0 Å². The van der Waals surface area contributed by atoms with Crippen molar-refractivity contribution in [1.82, 2.24) is 4.90 Å². The predicted octanol–water partition coefficient (Wildman–Crippen LogP) is 0.706. The molecule has 94 valence electrons. The second kappa shape index (κ2) is 5.01. The van der Waals surface area contributed by atoms with Crippen molar-refractivity contribution >= 4 is 6.09 Å². The lowest BCUT2D eigenvalue weighted by molar-refractivity contribution is -0.0146. The third-order valence-corrected chi connectivity index (χ3v) is 2.59. The molecule has 0 aromatic heterocycles. The molecule has 5 heteroatoms. The molecule has 1 rings (SSSR count). The van der Waals surface area contributed by atoms with Crippen LogP contribution in [0, 0.1) is 0 Å². The van der Waals surface area contributed by atoms with Crippen molar-refractivity contribution in [3.63, 3.8) is 0 Å². The van der Waals surface area contributed by atoms with Gasteiger partial charge >= 0.3 is 6.09 Å². The van der Waals surface area contributed by atoms with Crippen LogP contribution in [0.3, 0.4) is 0 Å². The van der Waals surface area contributed by atoms with Gasteiger partial charge in [-0.3, -0.25) is 0 Å². The van der Waals surface area contributed by atoms with Crippen molar-refractivity contribution < 1.29 is 14.6 Å². The van der Waals surface area contributed by atoms with Gasteiger partial charge in [-0.2, -0.15) is 0 Å². The highest BCUT2D eigenvalue weighted by atomic mass is 16.6. The number of amides is 1. The number of hydrogen-bond acceptors (Lipinski definition) is 4. The topological polar surface area (TPSA) is 75.8 Å². The number of carbonyl (C=O) groups excluding carboxylic acids is 1. The zero-order valence-electron chi connectivity index (χ0n) is 10.3. The summed E-state index contributed by atoms with van der Waals surface area (Å²) in [5, 5.41) is 9.42. The molecule has 1 fully saturated rings. The van der Waals surface area contributed by atoms with Gasteiger partial charge in [0.25, 0.3) is 0 Å². The number of aliphatic hydroxyl groups is 1. The highest BCUT2D eigenvalue weighted by Gasteiger charge is 2.35. The third-order valence-electron chi connectivity index (χ3n) is 2.59. The van der Waals surface area contributed by atoms with Crippen molar-refractivity contribution in [2.24, 2.45) is 5.73 Å². The fourth-order valence-electron chi connectivity index (χ4n) is 1.66. The average molecular weight is 230 g/mol. The van der Waals surface area contributed by atoms with Gasteiger partial charge in [-0.1, -0.05) is 0 Å². The van der Waals surface area contributed by atoms with Gasteiger partial charge in [0.2, 0.25) is 0 Å². The van der Waals surface area contributed by atoms with Crippen LogP contribution in [0.1, 0.15) is 33.6 Å². The average Bonchev–Trinajstić information content (AvgIpc) is 2.08. The molecular weight excluding hydrogens is 208 g/mol. The summed E-state index contributed by atoms with van der Waals surface area (Å²) in [6.07, 6.45) is 0.620. The van der Waals surface area contributed by atoms with Crippen LogP contribution >= 0.6 is 0 Å². The smallest absolute Gasteiger partial charge is 0.410 e. The summed E-state index contributed by atoms with van der Waals surface area (Å²) in [6, 6.07) is 0.0772. The molecule has 0 radical (unpaired) electrons. The summed E-state index contributed by atoms with van der Waals surface area (Å²) >= 11 is 0. The van der Waals surface area contributed by atoms with Crippen molar-refractivity contribution in [3.05, 3.63) is 0 Å². The maximum atomic E-state index is 11.7. The van der Waals surface area contributed by atoms with Crippen LogP contribution in [0.4, 0.5) is 4.79 Å². The predicted molar refractivity (Wildman–Crippen MR) is 61.0 cm³/mol. The molecule has 0 spiro atoms. The van der Waals surface area contributed by atoms with E-state index in [4.69, 9.17) is 10.5 Å². The standard InChI is InChI=1S/C11H22N2O3/c1-11(2,3)16-10(15)13-5-4-8(13)6-9(14)7-12/h8-9,14H,4-7,12H2,1-3H3. The molecule has 1 saturated heterocycles. The first-order chi connectivity index (χ1) is 7.33. The highest BCUT2D eigenvalue weighted by molar-refractivity contribution is 5.69. The Morgan fingerprint density at radius 2 is 2.25 bits per heavy atom.